The number of anilines is 1. The van der Waals surface area contributed by atoms with Crippen molar-refractivity contribution in [1.29, 1.82) is 0 Å². The van der Waals surface area contributed by atoms with Gasteiger partial charge in [-0.1, -0.05) is 6.08 Å². The maximum atomic E-state index is 15.9. The van der Waals surface area contributed by atoms with Gasteiger partial charge in [0.15, 0.2) is 23.8 Å². The van der Waals surface area contributed by atoms with E-state index in [9.17, 15) is 45.0 Å². The SMILES string of the molecule is C=C[C@]1(O)[C@H](c2coc3c(N)ncnc23)O[C@](F)(COP(O)(=S)OP(=O)(O)OC2OC([C@@H](O)CO)C(O)C(O)C2O)[C@H]1O. The minimum Gasteiger partial charge on any atom is -0.458 e. The van der Waals surface area contributed by atoms with E-state index in [-0.39, 0.29) is 22.5 Å². The van der Waals surface area contributed by atoms with Gasteiger partial charge in [-0.25, -0.2) is 23.2 Å². The van der Waals surface area contributed by atoms with E-state index in [1.807, 2.05) is 0 Å². The number of phosphoric acid groups is 1. The first-order valence-corrected chi connectivity index (χ1v) is 16.0. The van der Waals surface area contributed by atoms with Crippen molar-refractivity contribution in [3.63, 3.8) is 0 Å². The zero-order valence-electron chi connectivity index (χ0n) is 21.5. The molecule has 0 spiro atoms. The van der Waals surface area contributed by atoms with Gasteiger partial charge in [0.05, 0.1) is 12.9 Å². The van der Waals surface area contributed by atoms with Crippen molar-refractivity contribution in [2.45, 2.75) is 60.5 Å². The highest BCUT2D eigenvalue weighted by Gasteiger charge is 2.64. The Balaban J connectivity index is 1.48. The van der Waals surface area contributed by atoms with Crippen LogP contribution in [0.5, 0.6) is 0 Å². The van der Waals surface area contributed by atoms with Crippen molar-refractivity contribution in [2.75, 3.05) is 18.9 Å². The Morgan fingerprint density at radius 3 is 2.53 bits per heavy atom. The minimum absolute atomic E-state index is 0.0115. The number of nitrogens with zero attached hydrogens (tertiary/aromatic N) is 2. The molecule has 2 aromatic rings. The number of furan rings is 1. The number of alkyl halides is 1. The van der Waals surface area contributed by atoms with Crippen molar-refractivity contribution >= 4 is 43.3 Å². The maximum Gasteiger partial charge on any atom is 0.481 e. The predicted molar refractivity (Wildman–Crippen MR) is 139 cm³/mol. The Morgan fingerprint density at radius 1 is 1.23 bits per heavy atom. The first-order valence-electron chi connectivity index (χ1n) is 12.0. The highest BCUT2D eigenvalue weighted by molar-refractivity contribution is 8.08. The topological polar surface area (TPSA) is 310 Å². The minimum atomic E-state index is -5.63. The van der Waals surface area contributed by atoms with E-state index in [1.54, 1.807) is 0 Å². The normalized spacial score (nSPS) is 38.4. The van der Waals surface area contributed by atoms with Crippen molar-refractivity contribution in [3.8, 4) is 0 Å². The summed E-state index contributed by atoms with van der Waals surface area (Å²) < 4.78 is 57.7. The number of nitrogens with two attached hydrogens (primary N) is 1. The Labute approximate surface area is 245 Å². The summed E-state index contributed by atoms with van der Waals surface area (Å²) in [6, 6.07) is 0. The van der Waals surface area contributed by atoms with E-state index in [1.165, 1.54) is 0 Å². The summed E-state index contributed by atoms with van der Waals surface area (Å²) in [5.74, 6) is -3.49. The summed E-state index contributed by atoms with van der Waals surface area (Å²) in [5, 5.41) is 70.5. The van der Waals surface area contributed by atoms with Crippen molar-refractivity contribution in [2.24, 2.45) is 0 Å². The van der Waals surface area contributed by atoms with Crippen molar-refractivity contribution < 1.29 is 81.7 Å². The van der Waals surface area contributed by atoms with E-state index in [2.05, 4.69) is 37.2 Å². The van der Waals surface area contributed by atoms with Gasteiger partial charge in [0.25, 0.3) is 5.85 Å². The Kier molecular flexibility index (Phi) is 9.81. The van der Waals surface area contributed by atoms with Crippen LogP contribution in [0.1, 0.15) is 11.7 Å². The van der Waals surface area contributed by atoms with E-state index in [0.29, 0.717) is 0 Å². The summed E-state index contributed by atoms with van der Waals surface area (Å²) in [5.41, 5.74) is 3.00. The highest BCUT2D eigenvalue weighted by Crippen LogP contribution is 2.62. The lowest BCUT2D eigenvalue weighted by atomic mass is 9.87. The van der Waals surface area contributed by atoms with Crippen LogP contribution in [0.3, 0.4) is 0 Å². The predicted octanol–water partition coefficient (Wildman–Crippen LogP) is -2.65. The molecule has 0 saturated carbocycles. The van der Waals surface area contributed by atoms with Crippen LogP contribution < -0.4 is 5.73 Å². The molecule has 19 nitrogen and oxygen atoms in total. The second-order valence-electron chi connectivity index (χ2n) is 9.49. The van der Waals surface area contributed by atoms with Gasteiger partial charge < -0.3 is 69.7 Å². The van der Waals surface area contributed by atoms with E-state index < -0.39 is 88.2 Å². The summed E-state index contributed by atoms with van der Waals surface area (Å²) in [7, 11) is -5.63. The number of halogens is 1. The summed E-state index contributed by atoms with van der Waals surface area (Å²) in [4.78, 5) is 28.1. The second kappa shape index (κ2) is 12.3. The number of aliphatic hydroxyl groups excluding tert-OH is 6. The van der Waals surface area contributed by atoms with Gasteiger partial charge in [-0.2, -0.15) is 0 Å². The molecule has 0 radical (unpaired) electrons. The molecule has 2 saturated heterocycles. The van der Waals surface area contributed by atoms with E-state index >= 15 is 4.39 Å². The summed E-state index contributed by atoms with van der Waals surface area (Å²) in [6.45, 7) is -4.13. The zero-order chi connectivity index (χ0) is 32.1. The third kappa shape index (κ3) is 6.55. The average molecular weight is 679 g/mol. The molecule has 23 heteroatoms. The summed E-state index contributed by atoms with van der Waals surface area (Å²) >= 11 is 4.62. The molecule has 11 N–H and O–H groups in total. The Hall–Kier alpha value is -1.59. The van der Waals surface area contributed by atoms with E-state index in [0.717, 1.165) is 18.7 Å². The standard InChI is InChI=1S/C20H28FN3O16P2S/c1-2-19(31)15(7-4-35-14-9(7)23-6-24-16(14)22)38-20(21,18(19)30)5-36-42(34,43)40-41(32,33)39-17-12(29)10(27)11(28)13(37-17)8(26)3-25/h2,4,6,8,10-13,15,17-18,25-31H,1,3,5H2,(H,32,33)(H,34,43)(H2,22,23,24)/t8-,10?,11?,12?,13?,15-,17?,18-,19-,20+,42?/m0/s1. The number of aromatic nitrogens is 2. The molecule has 4 rings (SSSR count). The molecule has 2 aromatic heterocycles. The van der Waals surface area contributed by atoms with Gasteiger partial charge in [0.1, 0.15) is 60.7 Å². The van der Waals surface area contributed by atoms with Crippen molar-refractivity contribution in [1.82, 2.24) is 9.97 Å². The third-order valence-corrected chi connectivity index (χ3v) is 10.1. The van der Waals surface area contributed by atoms with Gasteiger partial charge in [-0.3, -0.25) is 4.52 Å². The van der Waals surface area contributed by atoms with Gasteiger partial charge in [0.2, 0.25) is 0 Å². The Bertz CT molecular complexity index is 1440. The maximum absolute atomic E-state index is 15.9. The number of hydrogen-bond donors (Lipinski definition) is 10. The van der Waals surface area contributed by atoms with Gasteiger partial charge >= 0.3 is 14.5 Å². The molecule has 0 bridgehead atoms. The van der Waals surface area contributed by atoms with Crippen molar-refractivity contribution in [3.05, 3.63) is 30.8 Å². The fourth-order valence-electron chi connectivity index (χ4n) is 4.42. The van der Waals surface area contributed by atoms with E-state index in [4.69, 9.17) is 29.3 Å². The fraction of sp³-hybridized carbons (Fsp3) is 0.600. The molecule has 242 valence electrons. The van der Waals surface area contributed by atoms with Crippen LogP contribution in [0.4, 0.5) is 10.2 Å². The number of phosphoric ester groups is 1. The first kappa shape index (κ1) is 34.3. The monoisotopic (exact) mass is 679 g/mol. The van der Waals surface area contributed by atoms with Crippen LogP contribution in [-0.4, -0.2) is 123 Å². The van der Waals surface area contributed by atoms with Crippen LogP contribution in [0, 0.1) is 0 Å². The zero-order valence-corrected chi connectivity index (χ0v) is 24.1. The number of nitrogen functional groups attached to an aromatic ring is 1. The molecular weight excluding hydrogens is 651 g/mol. The Morgan fingerprint density at radius 2 is 1.91 bits per heavy atom. The quantitative estimate of drug-likeness (QED) is 0.0856. The molecule has 4 heterocycles. The number of rotatable bonds is 11. The molecule has 2 fully saturated rings. The van der Waals surface area contributed by atoms with Gasteiger partial charge in [-0.15, -0.1) is 6.58 Å². The highest BCUT2D eigenvalue weighted by atomic mass is 32.5. The van der Waals surface area contributed by atoms with Crippen LogP contribution in [0.15, 0.2) is 29.7 Å². The molecule has 2 aliphatic heterocycles. The summed E-state index contributed by atoms with van der Waals surface area (Å²) in [6.07, 6.45) is -13.7. The molecule has 0 aliphatic carbocycles. The molecule has 43 heavy (non-hydrogen) atoms. The van der Waals surface area contributed by atoms with Gasteiger partial charge in [-0.05, 0) is 11.8 Å². The molecule has 2 aliphatic rings. The first-order chi connectivity index (χ1) is 19.9. The smallest absolute Gasteiger partial charge is 0.458 e. The molecular formula is C20H28FN3O16P2S. The van der Waals surface area contributed by atoms with Gasteiger partial charge in [0, 0.05) is 5.56 Å². The molecule has 12 atom stereocenters. The largest absolute Gasteiger partial charge is 0.481 e. The second-order valence-corrected chi connectivity index (χ2v) is 13.9. The number of ether oxygens (including phenoxy) is 2. The third-order valence-electron chi connectivity index (χ3n) is 6.64. The number of hydrogen-bond acceptors (Lipinski definition) is 18. The lowest BCUT2D eigenvalue weighted by molar-refractivity contribution is -0.292. The van der Waals surface area contributed by atoms with Crippen LogP contribution >= 0.6 is 14.5 Å². The number of aliphatic hydroxyl groups is 7. The lowest BCUT2D eigenvalue weighted by Gasteiger charge is -2.41. The average Bonchev–Trinajstić information content (AvgIpc) is 3.46. The molecule has 0 amide bonds. The van der Waals surface area contributed by atoms with Crippen LogP contribution in [-0.2, 0) is 39.2 Å². The fourth-order valence-corrected chi connectivity index (χ4v) is 7.50. The lowest BCUT2D eigenvalue weighted by Crippen LogP contribution is -2.61. The molecule has 0 aromatic carbocycles. The molecule has 7 unspecified atom stereocenters. The van der Waals surface area contributed by atoms with Crippen LogP contribution in [0.25, 0.3) is 11.1 Å². The van der Waals surface area contributed by atoms with Crippen LogP contribution in [0.2, 0.25) is 0 Å². The number of fused-ring (bicyclic) bond motifs is 1.